The highest BCUT2D eigenvalue weighted by atomic mass is 35.5. The van der Waals surface area contributed by atoms with Crippen molar-refractivity contribution in [2.24, 2.45) is 0 Å². The van der Waals surface area contributed by atoms with Crippen LogP contribution in [0.2, 0.25) is 5.02 Å². The molecule has 0 saturated heterocycles. The summed E-state index contributed by atoms with van der Waals surface area (Å²) < 4.78 is 10.9. The molecule has 0 aliphatic rings. The Kier molecular flexibility index (Phi) is 5.38. The molecule has 2 aromatic rings. The molecule has 108 valence electrons. The van der Waals surface area contributed by atoms with E-state index in [0.29, 0.717) is 23.3 Å². The van der Waals surface area contributed by atoms with Gasteiger partial charge in [0.1, 0.15) is 5.75 Å². The summed E-state index contributed by atoms with van der Waals surface area (Å²) >= 11 is 6.16. The van der Waals surface area contributed by atoms with Gasteiger partial charge in [-0.15, -0.1) is 0 Å². The van der Waals surface area contributed by atoms with Crippen molar-refractivity contribution in [2.75, 3.05) is 7.05 Å². The summed E-state index contributed by atoms with van der Waals surface area (Å²) in [5.74, 6) is 1.92. The molecule has 0 atom stereocenters. The van der Waals surface area contributed by atoms with Crippen LogP contribution in [-0.4, -0.2) is 17.2 Å². The van der Waals surface area contributed by atoms with E-state index in [1.807, 2.05) is 25.2 Å². The number of aromatic nitrogens is 2. The lowest BCUT2D eigenvalue weighted by Crippen LogP contribution is -2.08. The standard InChI is InChI=1S/C14H18ClN3O2/c1-3-5-13-17-14(20-18-13)9-19-12-7-4-6-11(15)10(12)8-16-2/h4,6-7,16H,3,5,8-9H2,1-2H3. The second kappa shape index (κ2) is 7.26. The molecule has 0 amide bonds. The minimum absolute atomic E-state index is 0.244. The van der Waals surface area contributed by atoms with E-state index in [2.05, 4.69) is 22.4 Å². The van der Waals surface area contributed by atoms with Gasteiger partial charge in [-0.1, -0.05) is 29.7 Å². The number of rotatable bonds is 7. The van der Waals surface area contributed by atoms with Crippen LogP contribution in [0.25, 0.3) is 0 Å². The fourth-order valence-electron chi connectivity index (χ4n) is 1.84. The van der Waals surface area contributed by atoms with E-state index in [1.54, 1.807) is 0 Å². The molecule has 5 nitrogen and oxygen atoms in total. The molecule has 1 heterocycles. The van der Waals surface area contributed by atoms with Gasteiger partial charge < -0.3 is 14.6 Å². The summed E-state index contributed by atoms with van der Waals surface area (Å²) in [6.07, 6.45) is 1.80. The number of nitrogens with one attached hydrogen (secondary N) is 1. The Labute approximate surface area is 123 Å². The average Bonchev–Trinajstić information content (AvgIpc) is 2.88. The highest BCUT2D eigenvalue weighted by molar-refractivity contribution is 6.31. The van der Waals surface area contributed by atoms with E-state index in [0.717, 1.165) is 24.2 Å². The van der Waals surface area contributed by atoms with Crippen molar-refractivity contribution in [1.82, 2.24) is 15.5 Å². The summed E-state index contributed by atoms with van der Waals surface area (Å²) in [5.41, 5.74) is 0.921. The van der Waals surface area contributed by atoms with Gasteiger partial charge in [-0.25, -0.2) is 0 Å². The Morgan fingerprint density at radius 1 is 1.40 bits per heavy atom. The van der Waals surface area contributed by atoms with Gasteiger partial charge in [0, 0.05) is 23.6 Å². The van der Waals surface area contributed by atoms with Gasteiger partial charge in [0.15, 0.2) is 12.4 Å². The Balaban J connectivity index is 2.04. The van der Waals surface area contributed by atoms with E-state index in [-0.39, 0.29) is 6.61 Å². The van der Waals surface area contributed by atoms with E-state index in [4.69, 9.17) is 20.9 Å². The van der Waals surface area contributed by atoms with Crippen molar-refractivity contribution >= 4 is 11.6 Å². The molecular formula is C14H18ClN3O2. The van der Waals surface area contributed by atoms with Crippen LogP contribution in [0.15, 0.2) is 22.7 Å². The number of hydrogen-bond donors (Lipinski definition) is 1. The Morgan fingerprint density at radius 3 is 3.00 bits per heavy atom. The molecule has 0 radical (unpaired) electrons. The predicted molar refractivity (Wildman–Crippen MR) is 76.8 cm³/mol. The summed E-state index contributed by atoms with van der Waals surface area (Å²) in [4.78, 5) is 4.26. The van der Waals surface area contributed by atoms with E-state index >= 15 is 0 Å². The quantitative estimate of drug-likeness (QED) is 0.851. The van der Waals surface area contributed by atoms with Gasteiger partial charge >= 0.3 is 0 Å². The molecule has 1 N–H and O–H groups in total. The summed E-state index contributed by atoms with van der Waals surface area (Å²) in [5, 5.41) is 7.63. The van der Waals surface area contributed by atoms with Crippen molar-refractivity contribution in [1.29, 1.82) is 0 Å². The van der Waals surface area contributed by atoms with Crippen molar-refractivity contribution in [2.45, 2.75) is 32.9 Å². The highest BCUT2D eigenvalue weighted by Gasteiger charge is 2.10. The maximum atomic E-state index is 6.16. The maximum absolute atomic E-state index is 6.16. The lowest BCUT2D eigenvalue weighted by Gasteiger charge is -2.11. The third kappa shape index (κ3) is 3.71. The fraction of sp³-hybridized carbons (Fsp3) is 0.429. The number of halogens is 1. The zero-order chi connectivity index (χ0) is 14.4. The number of ether oxygens (including phenoxy) is 1. The average molecular weight is 296 g/mol. The number of nitrogens with zero attached hydrogens (tertiary/aromatic N) is 2. The van der Waals surface area contributed by atoms with Gasteiger partial charge in [0.05, 0.1) is 0 Å². The SMILES string of the molecule is CCCc1noc(COc2cccc(Cl)c2CNC)n1. The van der Waals surface area contributed by atoms with Gasteiger partial charge in [0.2, 0.25) is 0 Å². The van der Waals surface area contributed by atoms with Gasteiger partial charge in [-0.05, 0) is 25.6 Å². The predicted octanol–water partition coefficient (Wildman–Crippen LogP) is 2.97. The molecular weight excluding hydrogens is 278 g/mol. The van der Waals surface area contributed by atoms with Crippen molar-refractivity contribution in [3.05, 3.63) is 40.5 Å². The molecule has 1 aromatic heterocycles. The molecule has 1 aromatic carbocycles. The molecule has 0 unspecified atom stereocenters. The Hall–Kier alpha value is -1.59. The van der Waals surface area contributed by atoms with E-state index < -0.39 is 0 Å². The third-order valence-corrected chi connectivity index (χ3v) is 3.12. The summed E-state index contributed by atoms with van der Waals surface area (Å²) in [7, 11) is 1.86. The van der Waals surface area contributed by atoms with Crippen LogP contribution < -0.4 is 10.1 Å². The van der Waals surface area contributed by atoms with E-state index in [1.165, 1.54) is 0 Å². The van der Waals surface area contributed by atoms with Gasteiger partial charge in [0.25, 0.3) is 5.89 Å². The smallest absolute Gasteiger partial charge is 0.264 e. The first-order chi connectivity index (χ1) is 9.74. The monoisotopic (exact) mass is 295 g/mol. The molecule has 0 bridgehead atoms. The van der Waals surface area contributed by atoms with Crippen LogP contribution in [0, 0.1) is 0 Å². The first-order valence-electron chi connectivity index (χ1n) is 6.60. The van der Waals surface area contributed by atoms with Crippen LogP contribution in [0.1, 0.15) is 30.6 Å². The topological polar surface area (TPSA) is 60.2 Å². The zero-order valence-corrected chi connectivity index (χ0v) is 12.4. The first-order valence-corrected chi connectivity index (χ1v) is 6.98. The van der Waals surface area contributed by atoms with Crippen LogP contribution >= 0.6 is 11.6 Å². The zero-order valence-electron chi connectivity index (χ0n) is 11.6. The minimum Gasteiger partial charge on any atom is -0.483 e. The maximum Gasteiger partial charge on any atom is 0.264 e. The molecule has 0 fully saturated rings. The highest BCUT2D eigenvalue weighted by Crippen LogP contribution is 2.26. The molecule has 2 rings (SSSR count). The van der Waals surface area contributed by atoms with Gasteiger partial charge in [-0.3, -0.25) is 0 Å². The molecule has 6 heteroatoms. The summed E-state index contributed by atoms with van der Waals surface area (Å²) in [6.45, 7) is 2.95. The van der Waals surface area contributed by atoms with Crippen LogP contribution in [-0.2, 0) is 19.6 Å². The first kappa shape index (κ1) is 14.8. The lowest BCUT2D eigenvalue weighted by molar-refractivity contribution is 0.240. The number of hydrogen-bond acceptors (Lipinski definition) is 5. The molecule has 0 aliphatic carbocycles. The van der Waals surface area contributed by atoms with Crippen molar-refractivity contribution in [3.8, 4) is 5.75 Å². The molecule has 0 saturated carbocycles. The molecule has 0 spiro atoms. The fourth-order valence-corrected chi connectivity index (χ4v) is 2.07. The van der Waals surface area contributed by atoms with Crippen LogP contribution in [0.3, 0.4) is 0 Å². The number of benzene rings is 1. The van der Waals surface area contributed by atoms with Crippen LogP contribution in [0.5, 0.6) is 5.75 Å². The Bertz CT molecular complexity index is 557. The van der Waals surface area contributed by atoms with Gasteiger partial charge in [-0.2, -0.15) is 4.98 Å². The van der Waals surface area contributed by atoms with E-state index in [9.17, 15) is 0 Å². The minimum atomic E-state index is 0.244. The molecule has 0 aliphatic heterocycles. The largest absolute Gasteiger partial charge is 0.483 e. The normalized spacial score (nSPS) is 10.8. The third-order valence-electron chi connectivity index (χ3n) is 2.76. The molecule has 20 heavy (non-hydrogen) atoms. The second-order valence-corrected chi connectivity index (χ2v) is 4.80. The second-order valence-electron chi connectivity index (χ2n) is 4.39. The Morgan fingerprint density at radius 2 is 2.25 bits per heavy atom. The summed E-state index contributed by atoms with van der Waals surface area (Å²) in [6, 6.07) is 5.57. The van der Waals surface area contributed by atoms with Crippen molar-refractivity contribution in [3.63, 3.8) is 0 Å². The van der Waals surface area contributed by atoms with Crippen molar-refractivity contribution < 1.29 is 9.26 Å². The van der Waals surface area contributed by atoms with Crippen LogP contribution in [0.4, 0.5) is 0 Å². The lowest BCUT2D eigenvalue weighted by atomic mass is 10.2. The number of aryl methyl sites for hydroxylation is 1.